The number of hydrogen-bond acceptors (Lipinski definition) is 1. The lowest BCUT2D eigenvalue weighted by atomic mass is 10.4. The zero-order chi connectivity index (χ0) is 15.4. The molecule has 0 aliphatic heterocycles. The van der Waals surface area contributed by atoms with Crippen LogP contribution in [0.25, 0.3) is 0 Å². The van der Waals surface area contributed by atoms with E-state index < -0.39 is 21.8 Å². The Morgan fingerprint density at radius 1 is 0.667 bits per heavy atom. The predicted molar refractivity (Wildman–Crippen MR) is 93.2 cm³/mol. The van der Waals surface area contributed by atoms with E-state index in [1.807, 2.05) is 42.5 Å². The topological polar surface area (TPSA) is 51.6 Å². The van der Waals surface area contributed by atoms with Crippen LogP contribution in [0, 0.1) is 0 Å². The minimum Gasteiger partial charge on any atom is -1.00 e. The van der Waals surface area contributed by atoms with Gasteiger partial charge in [-0.05, 0) is 36.4 Å². The van der Waals surface area contributed by atoms with Gasteiger partial charge in [0.05, 0.1) is 9.79 Å². The molecule has 0 bridgehead atoms. The summed E-state index contributed by atoms with van der Waals surface area (Å²) >= 11 is -0.431. The highest BCUT2D eigenvalue weighted by Crippen LogP contribution is 2.22. The van der Waals surface area contributed by atoms with E-state index >= 15 is 0 Å². The molecule has 2 atom stereocenters. The largest absolute Gasteiger partial charge is 1.00 e. The third kappa shape index (κ3) is 4.85. The Bertz CT molecular complexity index is 783. The van der Waals surface area contributed by atoms with Gasteiger partial charge in [0.15, 0.2) is 9.79 Å². The highest BCUT2D eigenvalue weighted by atomic mass is 35.5. The molecule has 0 amide bonds. The SMILES string of the molecule is N[S+](c1ccccc1)c1cccc([S@@](=[NH2+])c2ccccc2)c1.[Cl-].[Cl-]. The van der Waals surface area contributed by atoms with Gasteiger partial charge >= 0.3 is 0 Å². The maximum absolute atomic E-state index is 6.41. The van der Waals surface area contributed by atoms with Gasteiger partial charge in [-0.3, -0.25) is 0 Å². The molecule has 6 heteroatoms. The van der Waals surface area contributed by atoms with Crippen LogP contribution in [0.2, 0.25) is 0 Å². The van der Waals surface area contributed by atoms with Crippen LogP contribution in [0.4, 0.5) is 0 Å². The van der Waals surface area contributed by atoms with Crippen molar-refractivity contribution in [1.29, 1.82) is 0 Å². The van der Waals surface area contributed by atoms with Crippen molar-refractivity contribution in [2.24, 2.45) is 5.14 Å². The number of hydrogen-bond donors (Lipinski definition) is 2. The van der Waals surface area contributed by atoms with Gasteiger partial charge in [-0.1, -0.05) is 42.5 Å². The maximum atomic E-state index is 6.41. The molecule has 2 nitrogen and oxygen atoms in total. The minimum atomic E-state index is -0.431. The van der Waals surface area contributed by atoms with Gasteiger partial charge in [-0.2, -0.15) is 0 Å². The molecule has 1 unspecified atom stereocenters. The Balaban J connectivity index is 0.00000144. The zero-order valence-electron chi connectivity index (χ0n) is 12.8. The quantitative estimate of drug-likeness (QED) is 0.443. The summed E-state index contributed by atoms with van der Waals surface area (Å²) in [7, 11) is -0.431. The Hall–Kier alpha value is -1.30. The molecule has 0 fully saturated rings. The predicted octanol–water partition coefficient (Wildman–Crippen LogP) is -3.42. The standard InChI is InChI=1S/C18H17N2S2.2ClH/c19-21(15-8-3-1-4-9-15)17-12-7-13-18(14-17)22(20)16-10-5-2-6-11-16;;/h1-14,19H,20H2;2*1H/q+1;;/p-1/t21-,22?;;/m0../s1. The first-order valence-electron chi connectivity index (χ1n) is 6.93. The summed E-state index contributed by atoms with van der Waals surface area (Å²) in [5.41, 5.74) is 0. The van der Waals surface area contributed by atoms with Crippen molar-refractivity contribution in [3.8, 4) is 0 Å². The highest BCUT2D eigenvalue weighted by Gasteiger charge is 2.22. The molecule has 0 heterocycles. The summed E-state index contributed by atoms with van der Waals surface area (Å²) in [4.78, 5) is 4.50. The molecule has 3 rings (SSSR count). The average Bonchev–Trinajstić information content (AvgIpc) is 2.62. The van der Waals surface area contributed by atoms with Crippen LogP contribution in [0.5, 0.6) is 0 Å². The molecule has 24 heavy (non-hydrogen) atoms. The van der Waals surface area contributed by atoms with Gasteiger partial charge in [0, 0.05) is 6.07 Å². The Morgan fingerprint density at radius 2 is 1.17 bits per heavy atom. The molecule has 126 valence electrons. The molecular formula is C18H18Cl2N2S2. The van der Waals surface area contributed by atoms with E-state index in [1.54, 1.807) is 0 Å². The normalized spacial score (nSPS) is 12.4. The van der Waals surface area contributed by atoms with E-state index in [-0.39, 0.29) is 24.8 Å². The lowest BCUT2D eigenvalue weighted by Crippen LogP contribution is -3.00. The number of nitrogens with two attached hydrogens (primary N) is 2. The van der Waals surface area contributed by atoms with Crippen LogP contribution in [-0.4, -0.2) is 0 Å². The summed E-state index contributed by atoms with van der Waals surface area (Å²) in [6.07, 6.45) is 0. The summed E-state index contributed by atoms with van der Waals surface area (Å²) in [5.74, 6) is 0. The van der Waals surface area contributed by atoms with Crippen LogP contribution in [-0.2, 0) is 21.8 Å². The van der Waals surface area contributed by atoms with Crippen molar-refractivity contribution < 1.29 is 29.6 Å². The molecule has 0 aliphatic carbocycles. The van der Waals surface area contributed by atoms with Gasteiger partial charge < -0.3 is 24.8 Å². The van der Waals surface area contributed by atoms with E-state index in [0.29, 0.717) is 0 Å². The number of rotatable bonds is 4. The molecule has 4 N–H and O–H groups in total. The summed E-state index contributed by atoms with van der Waals surface area (Å²) in [6, 6.07) is 28.6. The van der Waals surface area contributed by atoms with Crippen LogP contribution in [0.1, 0.15) is 0 Å². The van der Waals surface area contributed by atoms with E-state index in [9.17, 15) is 0 Å². The molecule has 0 spiro atoms. The number of halogens is 2. The van der Waals surface area contributed by atoms with Gasteiger partial charge in [-0.25, -0.2) is 4.78 Å². The monoisotopic (exact) mass is 396 g/mol. The summed E-state index contributed by atoms with van der Waals surface area (Å²) in [6.45, 7) is 0. The van der Waals surface area contributed by atoms with Crippen LogP contribution in [0.3, 0.4) is 0 Å². The fourth-order valence-electron chi connectivity index (χ4n) is 2.15. The molecule has 3 aromatic rings. The van der Waals surface area contributed by atoms with E-state index in [0.717, 1.165) is 19.6 Å². The molecule has 0 radical (unpaired) electrons. The second-order valence-corrected chi connectivity index (χ2v) is 8.01. The van der Waals surface area contributed by atoms with Crippen LogP contribution < -0.4 is 34.7 Å². The van der Waals surface area contributed by atoms with E-state index in [4.69, 9.17) is 9.92 Å². The summed E-state index contributed by atoms with van der Waals surface area (Å²) in [5, 5.41) is 6.41. The van der Waals surface area contributed by atoms with Crippen LogP contribution in [0.15, 0.2) is 105 Å². The Kier molecular flexibility index (Phi) is 8.53. The Labute approximate surface area is 160 Å². The van der Waals surface area contributed by atoms with Gasteiger partial charge in [0.1, 0.15) is 21.8 Å². The highest BCUT2D eigenvalue weighted by molar-refractivity contribution is 7.94. The smallest absolute Gasteiger partial charge is 0.182 e. The number of benzene rings is 3. The van der Waals surface area contributed by atoms with Crippen molar-refractivity contribution in [1.82, 2.24) is 0 Å². The average molecular weight is 397 g/mol. The van der Waals surface area contributed by atoms with Crippen LogP contribution >= 0.6 is 0 Å². The molecule has 0 aromatic heterocycles. The second kappa shape index (κ2) is 9.87. The fourth-order valence-corrected chi connectivity index (χ4v) is 4.63. The molecule has 0 aliphatic rings. The fraction of sp³-hybridized carbons (Fsp3) is 0. The molecule has 0 saturated carbocycles. The third-order valence-electron chi connectivity index (χ3n) is 3.31. The lowest BCUT2D eigenvalue weighted by molar-refractivity contribution is -0.0759. The first kappa shape index (κ1) is 20.7. The van der Waals surface area contributed by atoms with Gasteiger partial charge in [-0.15, -0.1) is 5.14 Å². The zero-order valence-corrected chi connectivity index (χ0v) is 16.0. The lowest BCUT2D eigenvalue weighted by Gasteiger charge is -2.04. The first-order chi connectivity index (χ1) is 10.8. The first-order valence-corrected chi connectivity index (χ1v) is 9.51. The van der Waals surface area contributed by atoms with Crippen molar-refractivity contribution in [3.63, 3.8) is 0 Å². The van der Waals surface area contributed by atoms with E-state index in [1.165, 1.54) is 0 Å². The third-order valence-corrected chi connectivity index (χ3v) is 6.39. The van der Waals surface area contributed by atoms with Crippen molar-refractivity contribution in [3.05, 3.63) is 84.9 Å². The maximum Gasteiger partial charge on any atom is 0.182 e. The van der Waals surface area contributed by atoms with E-state index in [2.05, 4.69) is 42.5 Å². The van der Waals surface area contributed by atoms with Crippen molar-refractivity contribution in [2.45, 2.75) is 19.6 Å². The van der Waals surface area contributed by atoms with Crippen molar-refractivity contribution in [2.75, 3.05) is 0 Å². The van der Waals surface area contributed by atoms with Gasteiger partial charge in [0.2, 0.25) is 0 Å². The minimum absolute atomic E-state index is 0. The molecule has 3 aromatic carbocycles. The second-order valence-electron chi connectivity index (χ2n) is 4.78. The summed E-state index contributed by atoms with van der Waals surface area (Å²) < 4.78 is 6.41. The molecular weight excluding hydrogens is 379 g/mol. The van der Waals surface area contributed by atoms with Gasteiger partial charge in [0.25, 0.3) is 0 Å². The Morgan fingerprint density at radius 3 is 1.79 bits per heavy atom. The molecule has 0 saturated heterocycles. The van der Waals surface area contributed by atoms with Crippen molar-refractivity contribution >= 4 is 21.8 Å².